The van der Waals surface area contributed by atoms with Crippen LogP contribution in [-0.2, 0) is 9.47 Å². The fourth-order valence-electron chi connectivity index (χ4n) is 0.998. The van der Waals surface area contributed by atoms with E-state index in [2.05, 4.69) is 20.8 Å². The minimum Gasteiger partial charge on any atom is -0.377 e. The summed E-state index contributed by atoms with van der Waals surface area (Å²) >= 11 is 0. The van der Waals surface area contributed by atoms with Crippen molar-refractivity contribution in [3.8, 4) is 0 Å². The van der Waals surface area contributed by atoms with Gasteiger partial charge in [-0.25, -0.2) is 0 Å². The first-order valence-electron chi connectivity index (χ1n) is 6.05. The van der Waals surface area contributed by atoms with Gasteiger partial charge in [-0.2, -0.15) is 0 Å². The van der Waals surface area contributed by atoms with Crippen LogP contribution in [-0.4, -0.2) is 32.0 Å². The third-order valence-electron chi connectivity index (χ3n) is 2.57. The largest absolute Gasteiger partial charge is 0.377 e. The Labute approximate surface area is 94.3 Å². The molecular weight excluding hydrogens is 190 g/mol. The van der Waals surface area contributed by atoms with Gasteiger partial charge < -0.3 is 15.2 Å². The Morgan fingerprint density at radius 1 is 1.00 bits per heavy atom. The van der Waals surface area contributed by atoms with Crippen LogP contribution in [0.25, 0.3) is 0 Å². The molecule has 0 bridgehead atoms. The SMILES string of the molecule is CCC(C)COC(C)COCC(N)CC. The molecule has 15 heavy (non-hydrogen) atoms. The van der Waals surface area contributed by atoms with Crippen molar-refractivity contribution in [2.75, 3.05) is 19.8 Å². The van der Waals surface area contributed by atoms with E-state index in [9.17, 15) is 0 Å². The van der Waals surface area contributed by atoms with Gasteiger partial charge in [0.1, 0.15) is 0 Å². The highest BCUT2D eigenvalue weighted by atomic mass is 16.5. The van der Waals surface area contributed by atoms with Crippen LogP contribution in [0, 0.1) is 5.92 Å². The molecule has 0 aromatic rings. The van der Waals surface area contributed by atoms with Crippen molar-refractivity contribution in [3.63, 3.8) is 0 Å². The fraction of sp³-hybridized carbons (Fsp3) is 1.00. The first kappa shape index (κ1) is 14.9. The van der Waals surface area contributed by atoms with Crippen molar-refractivity contribution < 1.29 is 9.47 Å². The van der Waals surface area contributed by atoms with Crippen LogP contribution in [0.5, 0.6) is 0 Å². The maximum absolute atomic E-state index is 5.74. The molecule has 3 nitrogen and oxygen atoms in total. The van der Waals surface area contributed by atoms with E-state index in [4.69, 9.17) is 15.2 Å². The van der Waals surface area contributed by atoms with Crippen LogP contribution in [0.1, 0.15) is 40.5 Å². The summed E-state index contributed by atoms with van der Waals surface area (Å²) in [6.07, 6.45) is 2.29. The quantitative estimate of drug-likeness (QED) is 0.644. The average molecular weight is 217 g/mol. The van der Waals surface area contributed by atoms with Gasteiger partial charge in [0.05, 0.1) is 19.3 Å². The summed E-state index contributed by atoms with van der Waals surface area (Å²) in [4.78, 5) is 0. The molecule has 0 spiro atoms. The van der Waals surface area contributed by atoms with E-state index in [1.807, 2.05) is 6.92 Å². The number of nitrogens with two attached hydrogens (primary N) is 1. The van der Waals surface area contributed by atoms with Gasteiger partial charge in [0.2, 0.25) is 0 Å². The highest BCUT2D eigenvalue weighted by molar-refractivity contribution is 4.57. The van der Waals surface area contributed by atoms with Crippen LogP contribution in [0.2, 0.25) is 0 Å². The van der Waals surface area contributed by atoms with Crippen LogP contribution in [0.3, 0.4) is 0 Å². The Kier molecular flexibility index (Phi) is 9.06. The van der Waals surface area contributed by atoms with Gasteiger partial charge in [-0.05, 0) is 19.3 Å². The van der Waals surface area contributed by atoms with Gasteiger partial charge in [0, 0.05) is 12.6 Å². The molecule has 0 aliphatic carbocycles. The lowest BCUT2D eigenvalue weighted by Gasteiger charge is -2.17. The van der Waals surface area contributed by atoms with E-state index in [0.717, 1.165) is 19.4 Å². The first-order chi connectivity index (χ1) is 7.10. The predicted octanol–water partition coefficient (Wildman–Crippen LogP) is 2.19. The number of rotatable bonds is 9. The Bertz CT molecular complexity index is 142. The molecule has 3 atom stereocenters. The summed E-state index contributed by atoms with van der Waals surface area (Å²) in [7, 11) is 0. The molecule has 0 amide bonds. The molecule has 0 aliphatic rings. The minimum atomic E-state index is 0.159. The van der Waals surface area contributed by atoms with Gasteiger partial charge in [-0.3, -0.25) is 0 Å². The smallest absolute Gasteiger partial charge is 0.0780 e. The summed E-state index contributed by atoms with van der Waals surface area (Å²) in [5.74, 6) is 0.630. The van der Waals surface area contributed by atoms with Gasteiger partial charge in [0.15, 0.2) is 0 Å². The van der Waals surface area contributed by atoms with Gasteiger partial charge in [-0.1, -0.05) is 27.2 Å². The van der Waals surface area contributed by atoms with E-state index >= 15 is 0 Å². The number of ether oxygens (including phenoxy) is 2. The zero-order valence-electron chi connectivity index (χ0n) is 10.7. The topological polar surface area (TPSA) is 44.5 Å². The van der Waals surface area contributed by atoms with Crippen LogP contribution in [0.4, 0.5) is 0 Å². The molecule has 0 aromatic heterocycles. The zero-order valence-corrected chi connectivity index (χ0v) is 10.7. The molecule has 0 aliphatic heterocycles. The molecule has 0 radical (unpaired) electrons. The average Bonchev–Trinajstić information content (AvgIpc) is 2.25. The molecule has 0 rings (SSSR count). The summed E-state index contributed by atoms with van der Waals surface area (Å²) in [5, 5.41) is 0. The Hall–Kier alpha value is -0.120. The number of hydrogen-bond donors (Lipinski definition) is 1. The zero-order chi connectivity index (χ0) is 11.7. The van der Waals surface area contributed by atoms with E-state index in [1.165, 1.54) is 0 Å². The first-order valence-corrected chi connectivity index (χ1v) is 6.05. The minimum absolute atomic E-state index is 0.159. The molecule has 92 valence electrons. The normalized spacial score (nSPS) is 17.4. The van der Waals surface area contributed by atoms with Gasteiger partial charge in [-0.15, -0.1) is 0 Å². The molecule has 3 unspecified atom stereocenters. The van der Waals surface area contributed by atoms with Crippen molar-refractivity contribution in [3.05, 3.63) is 0 Å². The summed E-state index contributed by atoms with van der Waals surface area (Å²) < 4.78 is 11.1. The highest BCUT2D eigenvalue weighted by Gasteiger charge is 2.06. The molecule has 0 fully saturated rings. The van der Waals surface area contributed by atoms with E-state index in [0.29, 0.717) is 19.1 Å². The van der Waals surface area contributed by atoms with Crippen LogP contribution >= 0.6 is 0 Å². The lowest BCUT2D eigenvalue weighted by molar-refractivity contribution is -0.0209. The van der Waals surface area contributed by atoms with Gasteiger partial charge >= 0.3 is 0 Å². The summed E-state index contributed by atoms with van der Waals surface area (Å²) in [6.45, 7) is 10.6. The molecule has 0 heterocycles. The van der Waals surface area contributed by atoms with Crippen molar-refractivity contribution in [2.24, 2.45) is 11.7 Å². The van der Waals surface area contributed by atoms with Crippen molar-refractivity contribution in [1.29, 1.82) is 0 Å². The molecule has 2 N–H and O–H groups in total. The summed E-state index contributed by atoms with van der Waals surface area (Å²) in [6, 6.07) is 0.159. The van der Waals surface area contributed by atoms with Crippen molar-refractivity contribution in [2.45, 2.75) is 52.7 Å². The third kappa shape index (κ3) is 8.85. The molecule has 0 aromatic carbocycles. The van der Waals surface area contributed by atoms with Crippen LogP contribution < -0.4 is 5.73 Å². The summed E-state index contributed by atoms with van der Waals surface area (Å²) in [5.41, 5.74) is 5.74. The van der Waals surface area contributed by atoms with E-state index < -0.39 is 0 Å². The Morgan fingerprint density at radius 2 is 1.67 bits per heavy atom. The highest BCUT2D eigenvalue weighted by Crippen LogP contribution is 2.03. The molecular formula is C12H27NO2. The van der Waals surface area contributed by atoms with Crippen molar-refractivity contribution in [1.82, 2.24) is 0 Å². The molecule has 3 heteroatoms. The Balaban J connectivity index is 3.37. The standard InChI is InChI=1S/C12H27NO2/c1-5-10(3)7-15-11(4)8-14-9-12(13)6-2/h10-12H,5-9,13H2,1-4H3. The second-order valence-corrected chi connectivity index (χ2v) is 4.36. The van der Waals surface area contributed by atoms with E-state index in [1.54, 1.807) is 0 Å². The second kappa shape index (κ2) is 9.13. The lowest BCUT2D eigenvalue weighted by Crippen LogP contribution is -2.28. The monoisotopic (exact) mass is 217 g/mol. The van der Waals surface area contributed by atoms with Crippen molar-refractivity contribution >= 4 is 0 Å². The Morgan fingerprint density at radius 3 is 2.20 bits per heavy atom. The fourth-order valence-corrected chi connectivity index (χ4v) is 0.998. The lowest BCUT2D eigenvalue weighted by atomic mass is 10.1. The van der Waals surface area contributed by atoms with Crippen LogP contribution in [0.15, 0.2) is 0 Å². The van der Waals surface area contributed by atoms with E-state index in [-0.39, 0.29) is 12.1 Å². The maximum Gasteiger partial charge on any atom is 0.0780 e. The molecule has 0 saturated heterocycles. The van der Waals surface area contributed by atoms with Gasteiger partial charge in [0.25, 0.3) is 0 Å². The number of hydrogen-bond acceptors (Lipinski definition) is 3. The maximum atomic E-state index is 5.74. The predicted molar refractivity (Wildman–Crippen MR) is 64.0 cm³/mol. The third-order valence-corrected chi connectivity index (χ3v) is 2.57. The second-order valence-electron chi connectivity index (χ2n) is 4.36. The molecule has 0 saturated carbocycles.